The molecule has 8 heteroatoms. The van der Waals surface area contributed by atoms with Crippen LogP contribution in [0.5, 0.6) is 11.5 Å². The summed E-state index contributed by atoms with van der Waals surface area (Å²) in [6.07, 6.45) is 8.82. The minimum absolute atomic E-state index is 0.0168. The van der Waals surface area contributed by atoms with Gasteiger partial charge in [0, 0.05) is 30.0 Å². The third-order valence-corrected chi connectivity index (χ3v) is 6.13. The summed E-state index contributed by atoms with van der Waals surface area (Å²) in [7, 11) is 0. The van der Waals surface area contributed by atoms with Crippen LogP contribution in [0.4, 0.5) is 0 Å². The largest absolute Gasteiger partial charge is 0.416 e. The molecule has 0 bridgehead atoms. The van der Waals surface area contributed by atoms with Crippen LogP contribution >= 0.6 is 0 Å². The number of hydrogen-bond donors (Lipinski definition) is 4. The summed E-state index contributed by atoms with van der Waals surface area (Å²) < 4.78 is 0. The molecule has 2 rings (SSSR count). The highest BCUT2D eigenvalue weighted by molar-refractivity contribution is 5.45. The van der Waals surface area contributed by atoms with Gasteiger partial charge < -0.3 is 19.4 Å². The smallest absolute Gasteiger partial charge is 0.154 e. The fraction of sp³-hybridized carbons (Fsp3) is 0.565. The normalized spacial score (nSPS) is 18.1. The van der Waals surface area contributed by atoms with Crippen LogP contribution in [0.3, 0.4) is 0 Å². The molecule has 174 valence electrons. The lowest BCUT2D eigenvalue weighted by atomic mass is 9.70. The van der Waals surface area contributed by atoms with Gasteiger partial charge >= 0.3 is 0 Å². The first-order valence-corrected chi connectivity index (χ1v) is 11.0. The molecule has 2 atom stereocenters. The lowest BCUT2D eigenvalue weighted by Crippen LogP contribution is -2.31. The summed E-state index contributed by atoms with van der Waals surface area (Å²) in [5.74, 6) is 19.2. The van der Waals surface area contributed by atoms with E-state index in [0.29, 0.717) is 29.4 Å². The van der Waals surface area contributed by atoms with Crippen molar-refractivity contribution in [3.63, 3.8) is 0 Å². The van der Waals surface area contributed by atoms with E-state index < -0.39 is 0 Å². The Hall–Kier alpha value is -2.26. The molecule has 1 aliphatic carbocycles. The molecule has 8 nitrogen and oxygen atoms in total. The molecule has 1 aromatic rings. The van der Waals surface area contributed by atoms with Crippen molar-refractivity contribution >= 4 is 0 Å². The minimum atomic E-state index is -0.246. The van der Waals surface area contributed by atoms with Crippen LogP contribution in [0, 0.1) is 5.92 Å². The third kappa shape index (κ3) is 6.36. The molecular weight excluding hydrogens is 396 g/mol. The van der Waals surface area contributed by atoms with Crippen molar-refractivity contribution in [2.75, 3.05) is 0 Å². The molecule has 0 heterocycles. The van der Waals surface area contributed by atoms with Crippen LogP contribution in [-0.4, -0.2) is 6.04 Å². The third-order valence-electron chi connectivity index (χ3n) is 6.13. The van der Waals surface area contributed by atoms with Crippen LogP contribution in [0.1, 0.15) is 71.8 Å². The van der Waals surface area contributed by atoms with Gasteiger partial charge in [-0.3, -0.25) is 0 Å². The summed E-state index contributed by atoms with van der Waals surface area (Å²) in [4.78, 5) is 21.2. The van der Waals surface area contributed by atoms with Crippen molar-refractivity contribution in [3.8, 4) is 11.5 Å². The van der Waals surface area contributed by atoms with Crippen molar-refractivity contribution < 1.29 is 19.4 Å². The van der Waals surface area contributed by atoms with Gasteiger partial charge in [0.25, 0.3) is 0 Å². The van der Waals surface area contributed by atoms with Gasteiger partial charge in [0.1, 0.15) is 11.5 Å². The van der Waals surface area contributed by atoms with Gasteiger partial charge in [0.05, 0.1) is 0 Å². The second-order valence-corrected chi connectivity index (χ2v) is 8.36. The first-order chi connectivity index (χ1) is 14.9. The molecule has 2 unspecified atom stereocenters. The maximum atomic E-state index is 5.76. The second kappa shape index (κ2) is 12.0. The molecule has 0 radical (unpaired) electrons. The molecular formula is C23H38N4O4. The standard InChI is InChI=1S/C23H38N4O4/c1-5-12-23(4,15-16-13-18(28-24)9-11-21(16)29-25)20-10-8-19(14-22(20)30-26)31-27-17(6-2)7-3/h8-11,14,16-17,27H,5-7,12-13,15,24-26H2,1-4H3. The zero-order chi connectivity index (χ0) is 22.9. The molecule has 0 saturated carbocycles. The van der Waals surface area contributed by atoms with Crippen molar-refractivity contribution in [1.82, 2.24) is 5.48 Å². The van der Waals surface area contributed by atoms with E-state index in [1.54, 1.807) is 6.08 Å². The molecule has 7 N–H and O–H groups in total. The number of hydroxylamine groups is 1. The van der Waals surface area contributed by atoms with Crippen LogP contribution in [0.25, 0.3) is 0 Å². The Morgan fingerprint density at radius 1 is 1.06 bits per heavy atom. The molecule has 0 fully saturated rings. The molecule has 1 aromatic carbocycles. The highest BCUT2D eigenvalue weighted by Crippen LogP contribution is 2.44. The summed E-state index contributed by atoms with van der Waals surface area (Å²) in [6.45, 7) is 8.59. The zero-order valence-corrected chi connectivity index (χ0v) is 19.1. The Bertz CT molecular complexity index is 764. The topological polar surface area (TPSA) is 127 Å². The van der Waals surface area contributed by atoms with Gasteiger partial charge in [-0.1, -0.05) is 40.2 Å². The van der Waals surface area contributed by atoms with E-state index in [-0.39, 0.29) is 17.4 Å². The van der Waals surface area contributed by atoms with Crippen molar-refractivity contribution in [1.29, 1.82) is 0 Å². The maximum absolute atomic E-state index is 5.76. The predicted octanol–water partition coefficient (Wildman–Crippen LogP) is 4.03. The number of benzene rings is 1. The fourth-order valence-electron chi connectivity index (χ4n) is 4.33. The number of hydrogen-bond acceptors (Lipinski definition) is 8. The Morgan fingerprint density at radius 2 is 1.81 bits per heavy atom. The molecule has 0 aliphatic heterocycles. The SMILES string of the molecule is CCCC(C)(CC1CC(ON)=CC=C1ON)c1ccc(ONC(CC)CC)cc1ON. The van der Waals surface area contributed by atoms with Gasteiger partial charge in [0.15, 0.2) is 11.5 Å². The average molecular weight is 435 g/mol. The molecule has 0 aromatic heterocycles. The van der Waals surface area contributed by atoms with Crippen molar-refractivity contribution in [3.05, 3.63) is 47.4 Å². The first kappa shape index (κ1) is 25.0. The van der Waals surface area contributed by atoms with E-state index in [9.17, 15) is 0 Å². The summed E-state index contributed by atoms with van der Waals surface area (Å²) >= 11 is 0. The average Bonchev–Trinajstić information content (AvgIpc) is 2.79. The summed E-state index contributed by atoms with van der Waals surface area (Å²) in [5.41, 5.74) is 3.86. The van der Waals surface area contributed by atoms with Gasteiger partial charge in [-0.15, -0.1) is 0 Å². The molecule has 31 heavy (non-hydrogen) atoms. The monoisotopic (exact) mass is 434 g/mol. The molecule has 0 amide bonds. The number of nitrogens with two attached hydrogens (primary N) is 3. The van der Waals surface area contributed by atoms with Crippen LogP contribution in [0.2, 0.25) is 0 Å². The van der Waals surface area contributed by atoms with E-state index in [4.69, 9.17) is 37.0 Å². The number of nitrogens with one attached hydrogen (secondary N) is 1. The summed E-state index contributed by atoms with van der Waals surface area (Å²) in [6, 6.07) is 6.07. The Balaban J connectivity index is 2.29. The quantitative estimate of drug-likeness (QED) is 0.343. The van der Waals surface area contributed by atoms with Crippen LogP contribution in [0.15, 0.2) is 41.9 Å². The minimum Gasteiger partial charge on any atom is -0.416 e. The zero-order valence-electron chi connectivity index (χ0n) is 19.1. The van der Waals surface area contributed by atoms with Crippen LogP contribution < -0.4 is 32.8 Å². The first-order valence-electron chi connectivity index (χ1n) is 11.0. The van der Waals surface area contributed by atoms with Crippen molar-refractivity contribution in [2.24, 2.45) is 23.6 Å². The van der Waals surface area contributed by atoms with E-state index >= 15 is 0 Å². The maximum Gasteiger partial charge on any atom is 0.154 e. The predicted molar refractivity (Wildman–Crippen MR) is 121 cm³/mol. The number of rotatable bonds is 13. The van der Waals surface area contributed by atoms with Crippen LogP contribution in [-0.2, 0) is 15.1 Å². The fourth-order valence-corrected chi connectivity index (χ4v) is 4.33. The molecule has 0 spiro atoms. The Morgan fingerprint density at radius 3 is 2.39 bits per heavy atom. The van der Waals surface area contributed by atoms with Gasteiger partial charge in [-0.25, -0.2) is 0 Å². The van der Waals surface area contributed by atoms with E-state index in [1.165, 1.54) is 0 Å². The lowest BCUT2D eigenvalue weighted by Gasteiger charge is -2.36. The summed E-state index contributed by atoms with van der Waals surface area (Å²) in [5, 5.41) is 0. The Kier molecular flexibility index (Phi) is 9.64. The van der Waals surface area contributed by atoms with E-state index in [2.05, 4.69) is 33.2 Å². The highest BCUT2D eigenvalue weighted by Gasteiger charge is 2.35. The lowest BCUT2D eigenvalue weighted by molar-refractivity contribution is 0.136. The van der Waals surface area contributed by atoms with E-state index in [0.717, 1.165) is 37.7 Å². The van der Waals surface area contributed by atoms with Gasteiger partial charge in [-0.2, -0.15) is 23.2 Å². The highest BCUT2D eigenvalue weighted by atomic mass is 16.7. The molecule has 1 aliphatic rings. The second-order valence-electron chi connectivity index (χ2n) is 8.36. The molecule has 0 saturated heterocycles. The van der Waals surface area contributed by atoms with Crippen molar-refractivity contribution in [2.45, 2.75) is 77.7 Å². The van der Waals surface area contributed by atoms with E-state index in [1.807, 2.05) is 24.3 Å². The van der Waals surface area contributed by atoms with Gasteiger partial charge in [0.2, 0.25) is 0 Å². The number of allylic oxidation sites excluding steroid dienone is 4. The van der Waals surface area contributed by atoms with Gasteiger partial charge in [-0.05, 0) is 49.3 Å². The Labute approximate surface area is 185 Å².